The third kappa shape index (κ3) is 3.01. The van der Waals surface area contributed by atoms with Crippen molar-refractivity contribution in [1.29, 1.82) is 0 Å². The first-order valence-electron chi connectivity index (χ1n) is 4.79. The largest absolute Gasteiger partial charge is 0.493 e. The van der Waals surface area contributed by atoms with E-state index in [4.69, 9.17) is 15.6 Å². The Bertz CT molecular complexity index is 276. The van der Waals surface area contributed by atoms with E-state index in [2.05, 4.69) is 0 Å². The van der Waals surface area contributed by atoms with Gasteiger partial charge < -0.3 is 15.6 Å². The zero-order valence-electron chi connectivity index (χ0n) is 8.44. The van der Waals surface area contributed by atoms with E-state index in [-0.39, 0.29) is 6.61 Å². The minimum atomic E-state index is 0.00712. The Labute approximate surface area is 84.5 Å². The molecule has 0 heterocycles. The number of para-hydroxylation sites is 1. The molecule has 0 aliphatic rings. The number of aliphatic hydroxyl groups excluding tert-OH is 1. The van der Waals surface area contributed by atoms with Crippen molar-refractivity contribution in [2.24, 2.45) is 11.7 Å². The highest BCUT2D eigenvalue weighted by atomic mass is 16.5. The monoisotopic (exact) mass is 195 g/mol. The molecule has 1 atom stereocenters. The van der Waals surface area contributed by atoms with E-state index < -0.39 is 0 Å². The van der Waals surface area contributed by atoms with Gasteiger partial charge >= 0.3 is 0 Å². The number of benzene rings is 1. The van der Waals surface area contributed by atoms with Crippen LogP contribution in [0.4, 0.5) is 0 Å². The molecule has 0 aliphatic carbocycles. The lowest BCUT2D eigenvalue weighted by molar-refractivity contribution is 0.242. The number of ether oxygens (including phenoxy) is 1. The van der Waals surface area contributed by atoms with Crippen molar-refractivity contribution in [3.8, 4) is 5.75 Å². The summed E-state index contributed by atoms with van der Waals surface area (Å²) in [4.78, 5) is 0. The Morgan fingerprint density at radius 2 is 2.14 bits per heavy atom. The number of nitrogens with two attached hydrogens (primary N) is 1. The molecule has 3 heteroatoms. The minimum Gasteiger partial charge on any atom is -0.493 e. The Hall–Kier alpha value is -1.06. The van der Waals surface area contributed by atoms with E-state index in [1.54, 1.807) is 0 Å². The standard InChI is InChI=1S/C11H17NO2/c1-9(6-12)8-14-11-5-3-2-4-10(11)7-13/h2-5,9,13H,6-8,12H2,1H3. The minimum absolute atomic E-state index is 0.00712. The van der Waals surface area contributed by atoms with Crippen LogP contribution < -0.4 is 10.5 Å². The molecule has 0 amide bonds. The number of hydrogen-bond acceptors (Lipinski definition) is 3. The molecule has 0 saturated heterocycles. The first-order chi connectivity index (χ1) is 6.77. The highest BCUT2D eigenvalue weighted by Gasteiger charge is 2.03. The number of rotatable bonds is 5. The van der Waals surface area contributed by atoms with Gasteiger partial charge in [0.25, 0.3) is 0 Å². The Morgan fingerprint density at radius 3 is 2.79 bits per heavy atom. The van der Waals surface area contributed by atoms with Crippen LogP contribution in [0.25, 0.3) is 0 Å². The lowest BCUT2D eigenvalue weighted by Crippen LogP contribution is -2.18. The summed E-state index contributed by atoms with van der Waals surface area (Å²) in [5.41, 5.74) is 6.29. The molecule has 0 aromatic heterocycles. The molecule has 0 aliphatic heterocycles. The number of aliphatic hydroxyl groups is 1. The van der Waals surface area contributed by atoms with E-state index in [0.29, 0.717) is 19.1 Å². The van der Waals surface area contributed by atoms with Crippen LogP contribution in [0.5, 0.6) is 5.75 Å². The second kappa shape index (κ2) is 5.62. The van der Waals surface area contributed by atoms with Gasteiger partial charge in [-0.1, -0.05) is 25.1 Å². The molecule has 0 spiro atoms. The molecule has 78 valence electrons. The summed E-state index contributed by atoms with van der Waals surface area (Å²) in [6.45, 7) is 3.24. The fourth-order valence-electron chi connectivity index (χ4n) is 1.08. The summed E-state index contributed by atoms with van der Waals surface area (Å²) in [7, 11) is 0. The van der Waals surface area contributed by atoms with Crippen molar-refractivity contribution >= 4 is 0 Å². The first kappa shape index (κ1) is 11.0. The Balaban J connectivity index is 2.57. The van der Waals surface area contributed by atoms with E-state index in [0.717, 1.165) is 11.3 Å². The molecule has 1 unspecified atom stereocenters. The second-order valence-corrected chi connectivity index (χ2v) is 3.42. The van der Waals surface area contributed by atoms with Gasteiger partial charge in [-0.15, -0.1) is 0 Å². The third-order valence-electron chi connectivity index (χ3n) is 2.07. The van der Waals surface area contributed by atoms with Crippen LogP contribution in [-0.2, 0) is 6.61 Å². The average molecular weight is 195 g/mol. The predicted octanol–water partition coefficient (Wildman–Crippen LogP) is 1.15. The van der Waals surface area contributed by atoms with Crippen molar-refractivity contribution < 1.29 is 9.84 Å². The van der Waals surface area contributed by atoms with Gasteiger partial charge in [-0.25, -0.2) is 0 Å². The molecule has 3 nitrogen and oxygen atoms in total. The molecular formula is C11H17NO2. The Kier molecular flexibility index (Phi) is 4.43. The maximum atomic E-state index is 9.04. The summed E-state index contributed by atoms with van der Waals surface area (Å²) in [5, 5.41) is 9.04. The second-order valence-electron chi connectivity index (χ2n) is 3.42. The average Bonchev–Trinajstić information content (AvgIpc) is 2.26. The third-order valence-corrected chi connectivity index (χ3v) is 2.07. The SMILES string of the molecule is CC(CN)COc1ccccc1CO. The molecule has 0 fully saturated rings. The van der Waals surface area contributed by atoms with Crippen LogP contribution in [0.2, 0.25) is 0 Å². The van der Waals surface area contributed by atoms with E-state index in [1.807, 2.05) is 31.2 Å². The van der Waals surface area contributed by atoms with Crippen LogP contribution >= 0.6 is 0 Å². The van der Waals surface area contributed by atoms with Gasteiger partial charge in [-0.05, 0) is 12.6 Å². The molecule has 14 heavy (non-hydrogen) atoms. The van der Waals surface area contributed by atoms with Gasteiger partial charge in [0.2, 0.25) is 0 Å². The summed E-state index contributed by atoms with van der Waals surface area (Å²) < 4.78 is 5.54. The van der Waals surface area contributed by atoms with Crippen LogP contribution in [-0.4, -0.2) is 18.3 Å². The summed E-state index contributed by atoms with van der Waals surface area (Å²) >= 11 is 0. The topological polar surface area (TPSA) is 55.5 Å². The highest BCUT2D eigenvalue weighted by molar-refractivity contribution is 5.32. The summed E-state index contributed by atoms with van der Waals surface area (Å²) in [6.07, 6.45) is 0. The number of hydrogen-bond donors (Lipinski definition) is 2. The van der Waals surface area contributed by atoms with Gasteiger partial charge in [-0.2, -0.15) is 0 Å². The zero-order valence-corrected chi connectivity index (χ0v) is 8.44. The molecule has 1 aromatic carbocycles. The molecule has 1 aromatic rings. The summed E-state index contributed by atoms with van der Waals surface area (Å²) in [6, 6.07) is 7.48. The van der Waals surface area contributed by atoms with Crippen LogP contribution in [0.15, 0.2) is 24.3 Å². The van der Waals surface area contributed by atoms with Crippen molar-refractivity contribution in [2.75, 3.05) is 13.2 Å². The van der Waals surface area contributed by atoms with Crippen LogP contribution in [0, 0.1) is 5.92 Å². The normalized spacial score (nSPS) is 12.5. The fraction of sp³-hybridized carbons (Fsp3) is 0.455. The van der Waals surface area contributed by atoms with E-state index in [1.165, 1.54) is 0 Å². The fourth-order valence-corrected chi connectivity index (χ4v) is 1.08. The van der Waals surface area contributed by atoms with Crippen LogP contribution in [0.3, 0.4) is 0 Å². The first-order valence-corrected chi connectivity index (χ1v) is 4.79. The quantitative estimate of drug-likeness (QED) is 0.741. The van der Waals surface area contributed by atoms with Crippen molar-refractivity contribution in [3.63, 3.8) is 0 Å². The Morgan fingerprint density at radius 1 is 1.43 bits per heavy atom. The van der Waals surface area contributed by atoms with Crippen molar-refractivity contribution in [1.82, 2.24) is 0 Å². The van der Waals surface area contributed by atoms with Crippen molar-refractivity contribution in [2.45, 2.75) is 13.5 Å². The van der Waals surface area contributed by atoms with E-state index >= 15 is 0 Å². The maximum absolute atomic E-state index is 9.04. The van der Waals surface area contributed by atoms with Gasteiger partial charge in [0.15, 0.2) is 0 Å². The smallest absolute Gasteiger partial charge is 0.124 e. The molecule has 0 radical (unpaired) electrons. The summed E-state index contributed by atoms with van der Waals surface area (Å²) in [5.74, 6) is 1.08. The molecule has 3 N–H and O–H groups in total. The molecule has 0 bridgehead atoms. The van der Waals surface area contributed by atoms with Gasteiger partial charge in [0.1, 0.15) is 5.75 Å². The molecule has 0 saturated carbocycles. The highest BCUT2D eigenvalue weighted by Crippen LogP contribution is 2.18. The molecular weight excluding hydrogens is 178 g/mol. The lowest BCUT2D eigenvalue weighted by atomic mass is 10.2. The van der Waals surface area contributed by atoms with Crippen LogP contribution in [0.1, 0.15) is 12.5 Å². The van der Waals surface area contributed by atoms with Crippen molar-refractivity contribution in [3.05, 3.63) is 29.8 Å². The van der Waals surface area contributed by atoms with Gasteiger partial charge in [0.05, 0.1) is 13.2 Å². The predicted molar refractivity (Wildman–Crippen MR) is 56.1 cm³/mol. The van der Waals surface area contributed by atoms with Gasteiger partial charge in [0, 0.05) is 11.5 Å². The van der Waals surface area contributed by atoms with Gasteiger partial charge in [-0.3, -0.25) is 0 Å². The lowest BCUT2D eigenvalue weighted by Gasteiger charge is -2.13. The van der Waals surface area contributed by atoms with E-state index in [9.17, 15) is 0 Å². The zero-order chi connectivity index (χ0) is 10.4. The molecule has 1 rings (SSSR count). The maximum Gasteiger partial charge on any atom is 0.124 e.